The first-order chi connectivity index (χ1) is 9.89. The minimum atomic E-state index is -0.909. The van der Waals surface area contributed by atoms with E-state index in [1.54, 1.807) is 13.0 Å². The van der Waals surface area contributed by atoms with Crippen molar-refractivity contribution < 1.29 is 19.1 Å². The maximum Gasteiger partial charge on any atom is 0.311 e. The topological polar surface area (TPSA) is 57.6 Å². The number of benzene rings is 1. The second kappa shape index (κ2) is 5.84. The molecule has 1 N–H and O–H groups in total. The standard InChI is InChI=1S/C16H20FNO3/c1-3-16(15(20)21)7-4-8-18(10-16)14(19)12-9-11(2)5-6-13(12)17/h5-6,9H,3-4,7-8,10H2,1-2H3,(H,20,21). The number of carbonyl (C=O) groups excluding carboxylic acids is 1. The Labute approximate surface area is 123 Å². The van der Waals surface area contributed by atoms with Crippen LogP contribution in [0.5, 0.6) is 0 Å². The van der Waals surface area contributed by atoms with E-state index in [-0.39, 0.29) is 12.1 Å². The Morgan fingerprint density at radius 1 is 1.43 bits per heavy atom. The number of carboxylic acids is 1. The molecule has 0 bridgehead atoms. The van der Waals surface area contributed by atoms with E-state index in [4.69, 9.17) is 0 Å². The molecule has 0 radical (unpaired) electrons. The van der Waals surface area contributed by atoms with Gasteiger partial charge in [-0.2, -0.15) is 0 Å². The Balaban J connectivity index is 2.27. The van der Waals surface area contributed by atoms with Crippen molar-refractivity contribution in [2.24, 2.45) is 5.41 Å². The molecule has 4 nitrogen and oxygen atoms in total. The van der Waals surface area contributed by atoms with Crippen LogP contribution < -0.4 is 0 Å². The van der Waals surface area contributed by atoms with Gasteiger partial charge in [0.15, 0.2) is 0 Å². The molecule has 0 spiro atoms. The van der Waals surface area contributed by atoms with Gasteiger partial charge in [-0.25, -0.2) is 4.39 Å². The highest BCUT2D eigenvalue weighted by Gasteiger charge is 2.42. The summed E-state index contributed by atoms with van der Waals surface area (Å²) in [7, 11) is 0. The normalized spacial score (nSPS) is 22.1. The molecule has 1 aliphatic heterocycles. The van der Waals surface area contributed by atoms with Crippen molar-refractivity contribution in [1.29, 1.82) is 0 Å². The van der Waals surface area contributed by atoms with Gasteiger partial charge in [0.05, 0.1) is 11.0 Å². The molecule has 114 valence electrons. The van der Waals surface area contributed by atoms with E-state index < -0.39 is 23.1 Å². The van der Waals surface area contributed by atoms with Crippen LogP contribution in [-0.2, 0) is 4.79 Å². The average Bonchev–Trinajstić information content (AvgIpc) is 2.48. The van der Waals surface area contributed by atoms with Crippen LogP contribution >= 0.6 is 0 Å². The summed E-state index contributed by atoms with van der Waals surface area (Å²) < 4.78 is 13.8. The predicted octanol–water partition coefficient (Wildman–Crippen LogP) is 2.85. The number of aryl methyl sites for hydroxylation is 1. The lowest BCUT2D eigenvalue weighted by molar-refractivity contribution is -0.152. The molecule has 1 saturated heterocycles. The molecular weight excluding hydrogens is 273 g/mol. The zero-order valence-corrected chi connectivity index (χ0v) is 12.4. The highest BCUT2D eigenvalue weighted by molar-refractivity contribution is 5.95. The number of hydrogen-bond acceptors (Lipinski definition) is 2. The largest absolute Gasteiger partial charge is 0.481 e. The van der Waals surface area contributed by atoms with E-state index in [2.05, 4.69) is 0 Å². The van der Waals surface area contributed by atoms with Gasteiger partial charge < -0.3 is 10.0 Å². The highest BCUT2D eigenvalue weighted by Crippen LogP contribution is 2.34. The van der Waals surface area contributed by atoms with E-state index in [9.17, 15) is 19.1 Å². The third-order valence-electron chi connectivity index (χ3n) is 4.35. The Hall–Kier alpha value is -1.91. The summed E-state index contributed by atoms with van der Waals surface area (Å²) >= 11 is 0. The zero-order chi connectivity index (χ0) is 15.6. The molecule has 0 aliphatic carbocycles. The second-order valence-corrected chi connectivity index (χ2v) is 5.75. The summed E-state index contributed by atoms with van der Waals surface area (Å²) in [6.07, 6.45) is 1.64. The molecule has 1 aliphatic rings. The summed E-state index contributed by atoms with van der Waals surface area (Å²) in [5.74, 6) is -1.87. The molecule has 0 saturated carbocycles. The quantitative estimate of drug-likeness (QED) is 0.932. The van der Waals surface area contributed by atoms with E-state index in [1.807, 2.05) is 6.92 Å². The molecule has 1 amide bonds. The SMILES string of the molecule is CCC1(C(=O)O)CCCN(C(=O)c2cc(C)ccc2F)C1. The molecular formula is C16H20FNO3. The summed E-state index contributed by atoms with van der Waals surface area (Å²) in [5, 5.41) is 9.45. The van der Waals surface area contributed by atoms with E-state index in [0.29, 0.717) is 25.8 Å². The van der Waals surface area contributed by atoms with Crippen LogP contribution in [0.4, 0.5) is 4.39 Å². The highest BCUT2D eigenvalue weighted by atomic mass is 19.1. The lowest BCUT2D eigenvalue weighted by Crippen LogP contribution is -2.49. The van der Waals surface area contributed by atoms with Gasteiger partial charge in [0, 0.05) is 13.1 Å². The number of halogens is 1. The Kier molecular flexibility index (Phi) is 4.30. The Bertz CT molecular complexity index is 573. The van der Waals surface area contributed by atoms with Gasteiger partial charge in [-0.1, -0.05) is 18.6 Å². The zero-order valence-electron chi connectivity index (χ0n) is 12.4. The lowest BCUT2D eigenvalue weighted by Gasteiger charge is -2.39. The van der Waals surface area contributed by atoms with Gasteiger partial charge in [0.1, 0.15) is 5.82 Å². The van der Waals surface area contributed by atoms with Crippen molar-refractivity contribution in [2.75, 3.05) is 13.1 Å². The molecule has 1 aromatic rings. The number of aliphatic carboxylic acids is 1. The van der Waals surface area contributed by atoms with Crippen molar-refractivity contribution in [3.63, 3.8) is 0 Å². The van der Waals surface area contributed by atoms with E-state index in [0.717, 1.165) is 5.56 Å². The Morgan fingerprint density at radius 3 is 2.76 bits per heavy atom. The van der Waals surface area contributed by atoms with Crippen molar-refractivity contribution >= 4 is 11.9 Å². The minimum Gasteiger partial charge on any atom is -0.481 e. The number of hydrogen-bond donors (Lipinski definition) is 1. The smallest absolute Gasteiger partial charge is 0.311 e. The van der Waals surface area contributed by atoms with Gasteiger partial charge in [-0.05, 0) is 38.3 Å². The van der Waals surface area contributed by atoms with Gasteiger partial charge >= 0.3 is 5.97 Å². The number of piperidine rings is 1. The van der Waals surface area contributed by atoms with Gasteiger partial charge in [-0.15, -0.1) is 0 Å². The number of likely N-dealkylation sites (tertiary alicyclic amines) is 1. The average molecular weight is 293 g/mol. The number of rotatable bonds is 3. The molecule has 21 heavy (non-hydrogen) atoms. The third-order valence-corrected chi connectivity index (χ3v) is 4.35. The van der Waals surface area contributed by atoms with Crippen molar-refractivity contribution in [3.05, 3.63) is 35.1 Å². The first-order valence-corrected chi connectivity index (χ1v) is 7.18. The van der Waals surface area contributed by atoms with Crippen LogP contribution in [0.15, 0.2) is 18.2 Å². The number of carboxylic acid groups (broad SMARTS) is 1. The number of carbonyl (C=O) groups is 2. The molecule has 5 heteroatoms. The van der Waals surface area contributed by atoms with Gasteiger partial charge in [0.25, 0.3) is 5.91 Å². The first kappa shape index (κ1) is 15.5. The molecule has 2 rings (SSSR count). The minimum absolute atomic E-state index is 0.0206. The number of amides is 1. The first-order valence-electron chi connectivity index (χ1n) is 7.18. The van der Waals surface area contributed by atoms with Crippen LogP contribution in [0.25, 0.3) is 0 Å². The maximum atomic E-state index is 13.8. The van der Waals surface area contributed by atoms with E-state index in [1.165, 1.54) is 17.0 Å². The molecule has 1 atom stereocenters. The van der Waals surface area contributed by atoms with Gasteiger partial charge in [0.2, 0.25) is 0 Å². The third kappa shape index (κ3) is 2.91. The predicted molar refractivity (Wildman–Crippen MR) is 76.6 cm³/mol. The fourth-order valence-corrected chi connectivity index (χ4v) is 2.89. The monoisotopic (exact) mass is 293 g/mol. The van der Waals surface area contributed by atoms with E-state index >= 15 is 0 Å². The molecule has 1 aromatic carbocycles. The van der Waals surface area contributed by atoms with Crippen LogP contribution in [0.1, 0.15) is 42.1 Å². The van der Waals surface area contributed by atoms with Crippen molar-refractivity contribution in [1.82, 2.24) is 4.90 Å². The van der Waals surface area contributed by atoms with Crippen molar-refractivity contribution in [2.45, 2.75) is 33.1 Å². The van der Waals surface area contributed by atoms with Crippen LogP contribution in [0.3, 0.4) is 0 Å². The van der Waals surface area contributed by atoms with Crippen LogP contribution in [0.2, 0.25) is 0 Å². The fraction of sp³-hybridized carbons (Fsp3) is 0.500. The molecule has 0 aromatic heterocycles. The summed E-state index contributed by atoms with van der Waals surface area (Å²) in [6, 6.07) is 4.40. The van der Waals surface area contributed by atoms with Gasteiger partial charge in [-0.3, -0.25) is 9.59 Å². The molecule has 1 unspecified atom stereocenters. The van der Waals surface area contributed by atoms with Crippen LogP contribution in [-0.4, -0.2) is 35.0 Å². The summed E-state index contributed by atoms with van der Waals surface area (Å²) in [6.45, 7) is 4.22. The second-order valence-electron chi connectivity index (χ2n) is 5.75. The molecule has 1 heterocycles. The fourth-order valence-electron chi connectivity index (χ4n) is 2.89. The Morgan fingerprint density at radius 2 is 2.14 bits per heavy atom. The summed E-state index contributed by atoms with van der Waals surface area (Å²) in [4.78, 5) is 25.5. The lowest BCUT2D eigenvalue weighted by atomic mass is 9.77. The van der Waals surface area contributed by atoms with Crippen molar-refractivity contribution in [3.8, 4) is 0 Å². The van der Waals surface area contributed by atoms with Crippen LogP contribution in [0, 0.1) is 18.2 Å². The maximum absolute atomic E-state index is 13.8. The summed E-state index contributed by atoms with van der Waals surface area (Å²) in [5.41, 5.74) is -0.0853. The number of nitrogens with zero attached hydrogens (tertiary/aromatic N) is 1. The molecule has 1 fully saturated rings.